The lowest BCUT2D eigenvalue weighted by Gasteiger charge is -2.35. The molecule has 1 atom stereocenters. The van der Waals surface area contributed by atoms with E-state index in [0.29, 0.717) is 19.0 Å². The number of phenolic OH excluding ortho intramolecular Hbond substituents is 1. The molecule has 4 rings (SSSR count). The maximum atomic E-state index is 10.7. The molecule has 1 aliphatic heterocycles. The fourth-order valence-electron chi connectivity index (χ4n) is 3.50. The van der Waals surface area contributed by atoms with Gasteiger partial charge >= 0.3 is 0 Å². The van der Waals surface area contributed by atoms with Gasteiger partial charge in [0.25, 0.3) is 0 Å². The van der Waals surface area contributed by atoms with Crippen LogP contribution in [0.2, 0.25) is 0 Å². The van der Waals surface area contributed by atoms with Crippen molar-refractivity contribution in [2.24, 2.45) is 0 Å². The van der Waals surface area contributed by atoms with E-state index in [4.69, 9.17) is 4.74 Å². The van der Waals surface area contributed by atoms with E-state index in [0.717, 1.165) is 35.0 Å². The molecule has 1 aliphatic rings. The Labute approximate surface area is 141 Å². The van der Waals surface area contributed by atoms with Crippen LogP contribution in [0.4, 0.5) is 0 Å². The van der Waals surface area contributed by atoms with Gasteiger partial charge in [0, 0.05) is 31.0 Å². The summed E-state index contributed by atoms with van der Waals surface area (Å²) in [7, 11) is 0. The SMILES string of the molecule is Oc1ccc2ccccc2c1[C@H](c1cccnc1)N1CCOCC1. The van der Waals surface area contributed by atoms with E-state index in [9.17, 15) is 5.11 Å². The lowest BCUT2D eigenvalue weighted by atomic mass is 9.92. The summed E-state index contributed by atoms with van der Waals surface area (Å²) in [4.78, 5) is 6.66. The quantitative estimate of drug-likeness (QED) is 0.804. The van der Waals surface area contributed by atoms with Crippen molar-refractivity contribution in [2.75, 3.05) is 26.3 Å². The van der Waals surface area contributed by atoms with E-state index < -0.39 is 0 Å². The third-order valence-corrected chi connectivity index (χ3v) is 4.63. The summed E-state index contributed by atoms with van der Waals surface area (Å²) in [5.41, 5.74) is 2.04. The number of ether oxygens (including phenoxy) is 1. The smallest absolute Gasteiger partial charge is 0.121 e. The maximum absolute atomic E-state index is 10.7. The monoisotopic (exact) mass is 320 g/mol. The van der Waals surface area contributed by atoms with Crippen molar-refractivity contribution in [2.45, 2.75) is 6.04 Å². The molecule has 3 aromatic rings. The van der Waals surface area contributed by atoms with E-state index >= 15 is 0 Å². The van der Waals surface area contributed by atoms with Gasteiger partial charge in [0.15, 0.2) is 0 Å². The number of pyridine rings is 1. The Balaban J connectivity index is 1.92. The molecule has 2 heterocycles. The van der Waals surface area contributed by atoms with Crippen LogP contribution in [0.25, 0.3) is 10.8 Å². The molecule has 1 aromatic heterocycles. The van der Waals surface area contributed by atoms with E-state index in [-0.39, 0.29) is 6.04 Å². The van der Waals surface area contributed by atoms with Crippen molar-refractivity contribution >= 4 is 10.8 Å². The molecule has 0 spiro atoms. The van der Waals surface area contributed by atoms with Crippen LogP contribution in [0.3, 0.4) is 0 Å². The normalized spacial score (nSPS) is 17.0. The molecule has 1 fully saturated rings. The number of phenols is 1. The number of aromatic nitrogens is 1. The molecular formula is C20H20N2O2. The molecule has 1 saturated heterocycles. The van der Waals surface area contributed by atoms with Crippen molar-refractivity contribution in [1.82, 2.24) is 9.88 Å². The van der Waals surface area contributed by atoms with Gasteiger partial charge in [0.2, 0.25) is 0 Å². The Morgan fingerprint density at radius 1 is 1.00 bits per heavy atom. The summed E-state index contributed by atoms with van der Waals surface area (Å²) >= 11 is 0. The molecule has 0 amide bonds. The van der Waals surface area contributed by atoms with Crippen LogP contribution in [0, 0.1) is 0 Å². The summed E-state index contributed by atoms with van der Waals surface area (Å²) < 4.78 is 5.52. The van der Waals surface area contributed by atoms with Gasteiger partial charge < -0.3 is 9.84 Å². The molecule has 24 heavy (non-hydrogen) atoms. The third-order valence-electron chi connectivity index (χ3n) is 4.63. The Morgan fingerprint density at radius 2 is 1.83 bits per heavy atom. The highest BCUT2D eigenvalue weighted by Gasteiger charge is 2.28. The third kappa shape index (κ3) is 2.75. The number of morpholine rings is 1. The number of nitrogens with zero attached hydrogens (tertiary/aromatic N) is 2. The topological polar surface area (TPSA) is 45.6 Å². The predicted molar refractivity (Wildman–Crippen MR) is 94.1 cm³/mol. The standard InChI is InChI=1S/C20H20N2O2/c23-18-8-7-15-4-1-2-6-17(15)19(18)20(16-5-3-9-21-14-16)22-10-12-24-13-11-22/h1-9,14,20,23H,10-13H2/t20-/m0/s1. The highest BCUT2D eigenvalue weighted by atomic mass is 16.5. The first-order valence-electron chi connectivity index (χ1n) is 8.27. The number of aromatic hydroxyl groups is 1. The Kier molecular flexibility index (Phi) is 4.15. The lowest BCUT2D eigenvalue weighted by molar-refractivity contribution is 0.0237. The van der Waals surface area contributed by atoms with Gasteiger partial charge in [-0.3, -0.25) is 9.88 Å². The second-order valence-corrected chi connectivity index (χ2v) is 6.06. The first-order chi connectivity index (χ1) is 11.8. The average molecular weight is 320 g/mol. The molecule has 4 nitrogen and oxygen atoms in total. The van der Waals surface area contributed by atoms with Crippen molar-refractivity contribution in [1.29, 1.82) is 0 Å². The molecular weight excluding hydrogens is 300 g/mol. The van der Waals surface area contributed by atoms with Gasteiger partial charge in [-0.05, 0) is 28.5 Å². The highest BCUT2D eigenvalue weighted by molar-refractivity contribution is 5.88. The first-order valence-corrected chi connectivity index (χ1v) is 8.27. The number of benzene rings is 2. The zero-order valence-corrected chi connectivity index (χ0v) is 13.4. The van der Waals surface area contributed by atoms with Crippen LogP contribution >= 0.6 is 0 Å². The number of rotatable bonds is 3. The minimum absolute atomic E-state index is 0.0336. The zero-order chi connectivity index (χ0) is 16.4. The average Bonchev–Trinajstić information content (AvgIpc) is 2.66. The fourth-order valence-corrected chi connectivity index (χ4v) is 3.50. The van der Waals surface area contributed by atoms with Gasteiger partial charge in [0.05, 0.1) is 19.3 Å². The Morgan fingerprint density at radius 3 is 2.62 bits per heavy atom. The lowest BCUT2D eigenvalue weighted by Crippen LogP contribution is -2.39. The van der Waals surface area contributed by atoms with Crippen LogP contribution in [0.1, 0.15) is 17.2 Å². The number of hydrogen-bond donors (Lipinski definition) is 1. The molecule has 0 unspecified atom stereocenters. The molecule has 4 heteroatoms. The van der Waals surface area contributed by atoms with E-state index in [1.54, 1.807) is 12.3 Å². The zero-order valence-electron chi connectivity index (χ0n) is 13.4. The van der Waals surface area contributed by atoms with Gasteiger partial charge in [0.1, 0.15) is 5.75 Å². The van der Waals surface area contributed by atoms with Crippen LogP contribution in [0.5, 0.6) is 5.75 Å². The van der Waals surface area contributed by atoms with Gasteiger partial charge in [-0.2, -0.15) is 0 Å². The number of fused-ring (bicyclic) bond motifs is 1. The summed E-state index contributed by atoms with van der Waals surface area (Å²) in [5, 5.41) is 12.9. The fraction of sp³-hybridized carbons (Fsp3) is 0.250. The van der Waals surface area contributed by atoms with Crippen molar-refractivity contribution in [3.8, 4) is 5.75 Å². The summed E-state index contributed by atoms with van der Waals surface area (Å²) in [6.07, 6.45) is 3.67. The Hall–Kier alpha value is -2.43. The highest BCUT2D eigenvalue weighted by Crippen LogP contribution is 2.39. The van der Waals surface area contributed by atoms with Gasteiger partial charge in [-0.15, -0.1) is 0 Å². The summed E-state index contributed by atoms with van der Waals surface area (Å²) in [5.74, 6) is 0.328. The predicted octanol–water partition coefficient (Wildman–Crippen LogP) is 3.36. The van der Waals surface area contributed by atoms with Gasteiger partial charge in [-0.1, -0.05) is 36.4 Å². The maximum Gasteiger partial charge on any atom is 0.121 e. The second-order valence-electron chi connectivity index (χ2n) is 6.06. The molecule has 122 valence electrons. The molecule has 0 bridgehead atoms. The van der Waals surface area contributed by atoms with Crippen LogP contribution < -0.4 is 0 Å². The number of hydrogen-bond acceptors (Lipinski definition) is 4. The minimum Gasteiger partial charge on any atom is -0.508 e. The summed E-state index contributed by atoms with van der Waals surface area (Å²) in [6.45, 7) is 3.09. The molecule has 0 radical (unpaired) electrons. The minimum atomic E-state index is -0.0336. The van der Waals surface area contributed by atoms with Gasteiger partial charge in [-0.25, -0.2) is 0 Å². The Bertz CT molecular complexity index is 829. The molecule has 0 saturated carbocycles. The molecule has 2 aromatic carbocycles. The van der Waals surface area contributed by atoms with E-state index in [1.807, 2.05) is 30.5 Å². The van der Waals surface area contributed by atoms with Crippen molar-refractivity contribution in [3.63, 3.8) is 0 Å². The van der Waals surface area contributed by atoms with E-state index in [2.05, 4.69) is 28.1 Å². The van der Waals surface area contributed by atoms with Crippen molar-refractivity contribution < 1.29 is 9.84 Å². The second kappa shape index (κ2) is 6.59. The molecule has 1 N–H and O–H groups in total. The molecule has 0 aliphatic carbocycles. The van der Waals surface area contributed by atoms with Crippen LogP contribution in [-0.2, 0) is 4.74 Å². The van der Waals surface area contributed by atoms with Crippen LogP contribution in [-0.4, -0.2) is 41.3 Å². The largest absolute Gasteiger partial charge is 0.508 e. The summed E-state index contributed by atoms with van der Waals surface area (Å²) in [6, 6.07) is 16.0. The van der Waals surface area contributed by atoms with Crippen molar-refractivity contribution in [3.05, 3.63) is 72.1 Å². The van der Waals surface area contributed by atoms with Crippen LogP contribution in [0.15, 0.2) is 60.9 Å². The van der Waals surface area contributed by atoms with E-state index in [1.165, 1.54) is 0 Å². The first kappa shape index (κ1) is 15.1.